The maximum Gasteiger partial charge on any atom is 0.326 e. The Morgan fingerprint density at radius 3 is 2.70 bits per heavy atom. The Morgan fingerprint density at radius 1 is 1.19 bits per heavy atom. The summed E-state index contributed by atoms with van der Waals surface area (Å²) in [5.41, 5.74) is 13.9. The molecular weight excluding hydrogens is 486 g/mol. The van der Waals surface area contributed by atoms with E-state index >= 15 is 0 Å². The first-order valence-electron chi connectivity index (χ1n) is 11.4. The predicted octanol–water partition coefficient (Wildman–Crippen LogP) is -1.12. The smallest absolute Gasteiger partial charge is 0.326 e. The molecule has 2 aromatic heterocycles. The van der Waals surface area contributed by atoms with Crippen molar-refractivity contribution in [3.8, 4) is 0 Å². The number of carbonyl (C=O) groups excluding carboxylic acids is 1. The van der Waals surface area contributed by atoms with Crippen molar-refractivity contribution in [2.45, 2.75) is 38.3 Å². The van der Waals surface area contributed by atoms with Gasteiger partial charge >= 0.3 is 11.9 Å². The second-order valence-corrected chi connectivity index (χ2v) is 8.47. The number of nitrogens with two attached hydrogens (primary N) is 2. The fraction of sp³-hybridized carbons (Fsp3) is 0.318. The summed E-state index contributed by atoms with van der Waals surface area (Å²) in [4.78, 5) is 51.1. The van der Waals surface area contributed by atoms with E-state index in [-0.39, 0.29) is 59.5 Å². The molecule has 1 unspecified atom stereocenters. The average molecular weight is 511 g/mol. The highest BCUT2D eigenvalue weighted by molar-refractivity contribution is 5.97. The molecule has 0 spiro atoms. The molecule has 4 rings (SSSR count). The first-order valence-corrected chi connectivity index (χ1v) is 11.4. The van der Waals surface area contributed by atoms with Gasteiger partial charge in [0, 0.05) is 12.0 Å². The fourth-order valence-corrected chi connectivity index (χ4v) is 4.08. The molecule has 194 valence electrons. The first-order chi connectivity index (χ1) is 17.6. The van der Waals surface area contributed by atoms with Crippen LogP contribution in [0.1, 0.15) is 40.9 Å². The third kappa shape index (κ3) is 5.79. The number of benzene rings is 1. The summed E-state index contributed by atoms with van der Waals surface area (Å²) < 4.78 is 0. The van der Waals surface area contributed by atoms with Crippen molar-refractivity contribution in [3.05, 3.63) is 46.4 Å². The van der Waals surface area contributed by atoms with Crippen LogP contribution < -0.4 is 27.0 Å². The molecule has 0 bridgehead atoms. The second kappa shape index (κ2) is 10.5. The maximum atomic E-state index is 13.0. The molecule has 0 saturated carbocycles. The van der Waals surface area contributed by atoms with Gasteiger partial charge in [0.25, 0.3) is 5.91 Å². The number of anilines is 3. The van der Waals surface area contributed by atoms with Crippen LogP contribution in [-0.4, -0.2) is 60.6 Å². The van der Waals surface area contributed by atoms with E-state index in [1.165, 1.54) is 12.3 Å². The first kappa shape index (κ1) is 25.5. The number of carboxylic acids is 2. The zero-order valence-corrected chi connectivity index (χ0v) is 19.5. The highest BCUT2D eigenvalue weighted by atomic mass is 16.5. The average Bonchev–Trinajstić information content (AvgIpc) is 3.27. The lowest BCUT2D eigenvalue weighted by Crippen LogP contribution is -3.13. The number of aromatic nitrogens is 4. The van der Waals surface area contributed by atoms with E-state index in [4.69, 9.17) is 16.6 Å². The number of fused-ring (bicyclic) bond motifs is 2. The van der Waals surface area contributed by atoms with Crippen LogP contribution in [0.2, 0.25) is 0 Å². The normalized spacial score (nSPS) is 14.2. The molecule has 3 aromatic rings. The number of carboxylic acid groups (broad SMARTS) is 2. The van der Waals surface area contributed by atoms with E-state index in [9.17, 15) is 24.7 Å². The van der Waals surface area contributed by atoms with E-state index in [1.54, 1.807) is 17.1 Å². The minimum Gasteiger partial charge on any atom is -0.607 e. The van der Waals surface area contributed by atoms with Gasteiger partial charge < -0.3 is 32.2 Å². The number of rotatable bonds is 10. The van der Waals surface area contributed by atoms with Crippen LogP contribution in [0.3, 0.4) is 0 Å². The zero-order valence-electron chi connectivity index (χ0n) is 19.5. The van der Waals surface area contributed by atoms with E-state index in [2.05, 4.69) is 25.3 Å². The van der Waals surface area contributed by atoms with E-state index < -0.39 is 23.9 Å². The van der Waals surface area contributed by atoms with Crippen molar-refractivity contribution in [2.75, 3.05) is 23.0 Å². The number of aliphatic carboxylic acids is 2. The number of hydrogen-bond donors (Lipinski definition) is 6. The number of carbonyl (C=O) groups is 3. The zero-order chi connectivity index (χ0) is 26.7. The van der Waals surface area contributed by atoms with Gasteiger partial charge in [0.15, 0.2) is 17.0 Å². The molecule has 1 amide bonds. The minimum absolute atomic E-state index is 0.0105. The van der Waals surface area contributed by atoms with Crippen LogP contribution in [0.25, 0.3) is 11.2 Å². The topological polar surface area (TPSA) is 238 Å². The third-order valence-corrected chi connectivity index (χ3v) is 5.86. The number of amides is 1. The van der Waals surface area contributed by atoms with Crippen molar-refractivity contribution in [3.63, 3.8) is 0 Å². The molecule has 0 radical (unpaired) electrons. The van der Waals surface area contributed by atoms with E-state index in [0.29, 0.717) is 24.3 Å². The lowest BCUT2D eigenvalue weighted by Gasteiger charge is -2.32. The Kier molecular flexibility index (Phi) is 7.26. The summed E-state index contributed by atoms with van der Waals surface area (Å²) in [5.74, 6) is -2.84. The van der Waals surface area contributed by atoms with Crippen LogP contribution in [0.4, 0.5) is 17.5 Å². The molecule has 0 aliphatic carbocycles. The van der Waals surface area contributed by atoms with Crippen LogP contribution in [0, 0.1) is 5.21 Å². The predicted molar refractivity (Wildman–Crippen MR) is 130 cm³/mol. The summed E-state index contributed by atoms with van der Waals surface area (Å²) in [5, 5.41) is 34.9. The largest absolute Gasteiger partial charge is 0.607 e. The van der Waals surface area contributed by atoms with Gasteiger partial charge in [-0.1, -0.05) is 0 Å². The van der Waals surface area contributed by atoms with E-state index in [1.807, 2.05) is 0 Å². The standard InChI is InChI=1S/C22H25N9O6/c23-18-17-19(29-22(24)28-18)25-9-13(26-17)10-31(37)30-7-6-11-8-12(4-5-15(11)30)20(34)27-14(21(35)36)2-1-3-16(32)33/h4-5,8-9,14,31H,1-3,6-7,10H2,(H,27,34)(H,32,33)(H,35,36)(H4,23,24,25,28,29)/t14-/m0/s1. The molecule has 1 aliphatic rings. The Balaban J connectivity index is 1.43. The monoisotopic (exact) mass is 511 g/mol. The Labute approximate surface area is 209 Å². The molecule has 37 heavy (non-hydrogen) atoms. The summed E-state index contributed by atoms with van der Waals surface area (Å²) >= 11 is 0. The molecule has 0 fully saturated rings. The van der Waals surface area contributed by atoms with Gasteiger partial charge in [-0.05, 0) is 43.0 Å². The number of nitrogens with zero attached hydrogens (tertiary/aromatic N) is 5. The van der Waals surface area contributed by atoms with Gasteiger partial charge in [-0.15, -0.1) is 0 Å². The Bertz CT molecular complexity index is 1370. The van der Waals surface area contributed by atoms with Crippen LogP contribution in [0.5, 0.6) is 0 Å². The van der Waals surface area contributed by atoms with Crippen molar-refractivity contribution in [1.29, 1.82) is 0 Å². The molecule has 15 heteroatoms. The van der Waals surface area contributed by atoms with E-state index in [0.717, 1.165) is 5.56 Å². The number of nitrogens with one attached hydrogen (secondary N) is 2. The summed E-state index contributed by atoms with van der Waals surface area (Å²) in [7, 11) is 0. The van der Waals surface area contributed by atoms with Gasteiger partial charge in [0.2, 0.25) is 5.95 Å². The summed E-state index contributed by atoms with van der Waals surface area (Å²) in [6, 6.07) is 3.55. The molecule has 1 aromatic carbocycles. The Morgan fingerprint density at radius 2 is 1.97 bits per heavy atom. The molecular formula is C22H25N9O6. The highest BCUT2D eigenvalue weighted by Crippen LogP contribution is 2.26. The summed E-state index contributed by atoms with van der Waals surface area (Å²) in [6.07, 6.45) is 1.84. The molecule has 0 saturated heterocycles. The molecule has 3 heterocycles. The second-order valence-electron chi connectivity index (χ2n) is 8.47. The Hall–Kier alpha value is -4.63. The van der Waals surface area contributed by atoms with Gasteiger partial charge in [0.1, 0.15) is 18.3 Å². The molecule has 2 atom stereocenters. The number of hydrogen-bond acceptors (Lipinski definition) is 11. The number of quaternary nitrogens is 1. The van der Waals surface area contributed by atoms with Crippen LogP contribution in [-0.2, 0) is 22.6 Å². The van der Waals surface area contributed by atoms with Crippen molar-refractivity contribution in [1.82, 2.24) is 25.3 Å². The summed E-state index contributed by atoms with van der Waals surface area (Å²) in [6.45, 7) is 0.347. The number of nitrogen functional groups attached to an aromatic ring is 2. The lowest BCUT2D eigenvalue weighted by atomic mass is 10.1. The van der Waals surface area contributed by atoms with Gasteiger partial charge in [-0.3, -0.25) is 14.8 Å². The van der Waals surface area contributed by atoms with Crippen LogP contribution >= 0.6 is 0 Å². The van der Waals surface area contributed by atoms with Crippen molar-refractivity contribution in [2.24, 2.45) is 0 Å². The quantitative estimate of drug-likeness (QED) is 0.177. The minimum atomic E-state index is -1.25. The number of hydroxylamine groups is 1. The molecule has 8 N–H and O–H groups in total. The SMILES string of the molecule is Nc1nc(N)c2nc(C[NH+]([O-])N3CCc4cc(C(=O)N[C@@H](CCCC(=O)O)C(=O)O)ccc43)cnc2n1. The van der Waals surface area contributed by atoms with Crippen molar-refractivity contribution < 1.29 is 29.8 Å². The maximum absolute atomic E-state index is 13.0. The van der Waals surface area contributed by atoms with Gasteiger partial charge in [0.05, 0.1) is 18.4 Å². The van der Waals surface area contributed by atoms with Crippen LogP contribution in [0.15, 0.2) is 24.4 Å². The van der Waals surface area contributed by atoms with Crippen molar-refractivity contribution >= 4 is 46.5 Å². The highest BCUT2D eigenvalue weighted by Gasteiger charge is 2.27. The lowest BCUT2D eigenvalue weighted by molar-refractivity contribution is -0.871. The third-order valence-electron chi connectivity index (χ3n) is 5.86. The van der Waals surface area contributed by atoms with Gasteiger partial charge in [-0.2, -0.15) is 9.97 Å². The van der Waals surface area contributed by atoms with Gasteiger partial charge in [-0.25, -0.2) is 19.8 Å². The fourth-order valence-electron chi connectivity index (χ4n) is 4.08. The molecule has 15 nitrogen and oxygen atoms in total. The molecule has 1 aliphatic heterocycles.